The van der Waals surface area contributed by atoms with Crippen molar-refractivity contribution in [2.45, 2.75) is 46.8 Å². The standard InChI is InChI=1S/C17H24N4O/c1-4-22-10-14-20-15-16(21(14)9-11(2)3)12-7-5-6-8-13(12)19-17(15)18/h5,7,11H,4,6,8-10H2,1-3H3,(H2,18,19). The lowest BCUT2D eigenvalue weighted by Crippen LogP contribution is -2.11. The number of aryl methyl sites for hydroxylation is 1. The Hall–Kier alpha value is -1.88. The van der Waals surface area contributed by atoms with Crippen LogP contribution < -0.4 is 5.73 Å². The molecule has 0 aliphatic heterocycles. The number of nitrogens with two attached hydrogens (primary N) is 1. The van der Waals surface area contributed by atoms with Crippen LogP contribution in [0.2, 0.25) is 0 Å². The van der Waals surface area contributed by atoms with Crippen LogP contribution >= 0.6 is 0 Å². The lowest BCUT2D eigenvalue weighted by atomic mass is 10.0. The third-order valence-corrected chi connectivity index (χ3v) is 3.93. The molecule has 0 aromatic carbocycles. The summed E-state index contributed by atoms with van der Waals surface area (Å²) in [7, 11) is 0. The predicted molar refractivity (Wildman–Crippen MR) is 89.5 cm³/mol. The fourth-order valence-corrected chi connectivity index (χ4v) is 3.00. The molecule has 1 aliphatic rings. The monoisotopic (exact) mass is 300 g/mol. The molecule has 5 heteroatoms. The molecule has 2 heterocycles. The van der Waals surface area contributed by atoms with Crippen LogP contribution in [0.1, 0.15) is 44.3 Å². The third-order valence-electron chi connectivity index (χ3n) is 3.93. The normalized spacial score (nSPS) is 14.0. The van der Waals surface area contributed by atoms with Crippen molar-refractivity contribution in [3.63, 3.8) is 0 Å². The topological polar surface area (TPSA) is 66.0 Å². The third kappa shape index (κ3) is 2.61. The lowest BCUT2D eigenvalue weighted by molar-refractivity contribution is 0.125. The van der Waals surface area contributed by atoms with Crippen LogP contribution in [-0.4, -0.2) is 21.1 Å². The maximum atomic E-state index is 6.17. The van der Waals surface area contributed by atoms with Crippen LogP contribution in [0.5, 0.6) is 0 Å². The molecule has 0 amide bonds. The fraction of sp³-hybridized carbons (Fsp3) is 0.529. The van der Waals surface area contributed by atoms with Crippen LogP contribution in [0.15, 0.2) is 6.08 Å². The minimum Gasteiger partial charge on any atom is -0.382 e. The van der Waals surface area contributed by atoms with Crippen molar-refractivity contribution in [1.82, 2.24) is 14.5 Å². The molecule has 0 saturated heterocycles. The molecule has 3 rings (SSSR count). The average Bonchev–Trinajstić information content (AvgIpc) is 2.84. The van der Waals surface area contributed by atoms with Crippen molar-refractivity contribution >= 4 is 22.9 Å². The number of aromatic nitrogens is 3. The lowest BCUT2D eigenvalue weighted by Gasteiger charge is -2.16. The highest BCUT2D eigenvalue weighted by Crippen LogP contribution is 2.31. The summed E-state index contributed by atoms with van der Waals surface area (Å²) in [6, 6.07) is 0. The summed E-state index contributed by atoms with van der Waals surface area (Å²) in [4.78, 5) is 9.29. The summed E-state index contributed by atoms with van der Waals surface area (Å²) in [5.41, 5.74) is 10.3. The number of nitrogen functional groups attached to an aromatic ring is 1. The summed E-state index contributed by atoms with van der Waals surface area (Å²) in [5.74, 6) is 1.99. The molecule has 22 heavy (non-hydrogen) atoms. The number of anilines is 1. The molecule has 0 radical (unpaired) electrons. The molecule has 118 valence electrons. The van der Waals surface area contributed by atoms with E-state index in [-0.39, 0.29) is 0 Å². The largest absolute Gasteiger partial charge is 0.382 e. The van der Waals surface area contributed by atoms with Crippen LogP contribution in [-0.2, 0) is 24.3 Å². The highest BCUT2D eigenvalue weighted by Gasteiger charge is 2.21. The Labute approximate surface area is 131 Å². The minimum atomic E-state index is 0.510. The van der Waals surface area contributed by atoms with E-state index >= 15 is 0 Å². The zero-order chi connectivity index (χ0) is 15.7. The highest BCUT2D eigenvalue weighted by molar-refractivity contribution is 5.93. The van der Waals surface area contributed by atoms with Gasteiger partial charge in [-0.05, 0) is 25.7 Å². The van der Waals surface area contributed by atoms with E-state index in [1.54, 1.807) is 0 Å². The van der Waals surface area contributed by atoms with E-state index in [0.717, 1.165) is 41.9 Å². The molecule has 0 saturated carbocycles. The number of pyridine rings is 1. The van der Waals surface area contributed by atoms with Gasteiger partial charge >= 0.3 is 0 Å². The molecule has 2 N–H and O–H groups in total. The van der Waals surface area contributed by atoms with Gasteiger partial charge in [0.2, 0.25) is 0 Å². The molecule has 0 spiro atoms. The summed E-state index contributed by atoms with van der Waals surface area (Å²) < 4.78 is 7.86. The minimum absolute atomic E-state index is 0.510. The van der Waals surface area contributed by atoms with Crippen molar-refractivity contribution in [2.75, 3.05) is 12.3 Å². The first kappa shape index (κ1) is 15.0. The van der Waals surface area contributed by atoms with Gasteiger partial charge in [-0.1, -0.05) is 26.0 Å². The Kier molecular flexibility index (Phi) is 4.16. The second kappa shape index (κ2) is 6.08. The molecule has 5 nitrogen and oxygen atoms in total. The number of fused-ring (bicyclic) bond motifs is 3. The van der Waals surface area contributed by atoms with Crippen LogP contribution in [0, 0.1) is 5.92 Å². The van der Waals surface area contributed by atoms with Crippen molar-refractivity contribution in [2.24, 2.45) is 5.92 Å². The van der Waals surface area contributed by atoms with Gasteiger partial charge in [-0.25, -0.2) is 9.97 Å². The Morgan fingerprint density at radius 1 is 1.36 bits per heavy atom. The van der Waals surface area contributed by atoms with E-state index in [1.807, 2.05) is 6.92 Å². The Morgan fingerprint density at radius 3 is 2.91 bits per heavy atom. The summed E-state index contributed by atoms with van der Waals surface area (Å²) >= 11 is 0. The fourth-order valence-electron chi connectivity index (χ4n) is 3.00. The first-order valence-corrected chi connectivity index (χ1v) is 8.03. The molecule has 1 aliphatic carbocycles. The number of imidazole rings is 1. The van der Waals surface area contributed by atoms with E-state index < -0.39 is 0 Å². The molecular formula is C17H24N4O. The zero-order valence-electron chi connectivity index (χ0n) is 13.6. The van der Waals surface area contributed by atoms with Gasteiger partial charge in [-0.15, -0.1) is 0 Å². The van der Waals surface area contributed by atoms with Crippen molar-refractivity contribution in [3.05, 3.63) is 23.2 Å². The van der Waals surface area contributed by atoms with Gasteiger partial charge in [0.1, 0.15) is 17.9 Å². The van der Waals surface area contributed by atoms with Gasteiger partial charge in [-0.2, -0.15) is 0 Å². The van der Waals surface area contributed by atoms with E-state index in [9.17, 15) is 0 Å². The number of ether oxygens (including phenoxy) is 1. The first-order chi connectivity index (χ1) is 10.6. The molecule has 2 aromatic rings. The molecular weight excluding hydrogens is 276 g/mol. The van der Waals surface area contributed by atoms with E-state index in [4.69, 9.17) is 15.5 Å². The zero-order valence-corrected chi connectivity index (χ0v) is 13.6. The number of rotatable bonds is 5. The maximum absolute atomic E-state index is 6.17. The van der Waals surface area contributed by atoms with Gasteiger partial charge in [-0.3, -0.25) is 0 Å². The highest BCUT2D eigenvalue weighted by atomic mass is 16.5. The average molecular weight is 300 g/mol. The van der Waals surface area contributed by atoms with Gasteiger partial charge in [0.25, 0.3) is 0 Å². The van der Waals surface area contributed by atoms with Crippen LogP contribution in [0.25, 0.3) is 17.1 Å². The van der Waals surface area contributed by atoms with Gasteiger partial charge in [0.15, 0.2) is 5.82 Å². The molecule has 0 fully saturated rings. The molecule has 0 atom stereocenters. The van der Waals surface area contributed by atoms with Gasteiger partial charge < -0.3 is 15.0 Å². The van der Waals surface area contributed by atoms with E-state index in [2.05, 4.69) is 35.6 Å². The van der Waals surface area contributed by atoms with E-state index in [1.165, 1.54) is 5.56 Å². The number of allylic oxidation sites excluding steroid dienone is 1. The van der Waals surface area contributed by atoms with Crippen LogP contribution in [0.4, 0.5) is 5.82 Å². The molecule has 0 bridgehead atoms. The number of hydrogen-bond donors (Lipinski definition) is 1. The van der Waals surface area contributed by atoms with Gasteiger partial charge in [0.05, 0.1) is 11.2 Å². The Balaban J connectivity index is 2.24. The maximum Gasteiger partial charge on any atom is 0.151 e. The molecule has 0 unspecified atom stereocenters. The summed E-state index contributed by atoms with van der Waals surface area (Å²) in [5, 5.41) is 0. The predicted octanol–water partition coefficient (Wildman–Crippen LogP) is 3.17. The summed E-state index contributed by atoms with van der Waals surface area (Å²) in [6.07, 6.45) is 6.33. The SMILES string of the molecule is CCOCc1nc2c(N)nc3c(c2n1CC(C)C)C=CCC3. The first-order valence-electron chi connectivity index (χ1n) is 8.03. The van der Waals surface area contributed by atoms with Crippen LogP contribution in [0.3, 0.4) is 0 Å². The smallest absolute Gasteiger partial charge is 0.151 e. The van der Waals surface area contributed by atoms with E-state index in [0.29, 0.717) is 24.9 Å². The Morgan fingerprint density at radius 2 is 2.18 bits per heavy atom. The van der Waals surface area contributed by atoms with Crippen molar-refractivity contribution in [1.29, 1.82) is 0 Å². The van der Waals surface area contributed by atoms with Gasteiger partial charge in [0, 0.05) is 18.7 Å². The second-order valence-electron chi connectivity index (χ2n) is 6.17. The van der Waals surface area contributed by atoms with Crippen molar-refractivity contribution in [3.8, 4) is 0 Å². The quantitative estimate of drug-likeness (QED) is 0.921. The van der Waals surface area contributed by atoms with Crippen molar-refractivity contribution < 1.29 is 4.74 Å². The second-order valence-corrected chi connectivity index (χ2v) is 6.17. The Bertz CT molecular complexity index is 715. The number of hydrogen-bond acceptors (Lipinski definition) is 4. The number of nitrogens with zero attached hydrogens (tertiary/aromatic N) is 3. The summed E-state index contributed by atoms with van der Waals surface area (Å²) in [6.45, 7) is 8.51. The molecule has 2 aromatic heterocycles.